The molecule has 1 rings (SSSR count). The summed E-state index contributed by atoms with van der Waals surface area (Å²) in [6.45, 7) is 4.74. The van der Waals surface area contributed by atoms with Crippen molar-refractivity contribution in [1.29, 1.82) is 0 Å². The van der Waals surface area contributed by atoms with Crippen LogP contribution in [0.5, 0.6) is 0 Å². The monoisotopic (exact) mass is 219 g/mol. The van der Waals surface area contributed by atoms with E-state index >= 15 is 0 Å². The first-order valence-corrected chi connectivity index (χ1v) is 4.63. The molecule has 0 aliphatic rings. The molecule has 0 bridgehead atoms. The summed E-state index contributed by atoms with van der Waals surface area (Å²) in [5, 5.41) is 5.13. The Morgan fingerprint density at radius 3 is 2.56 bits per heavy atom. The summed E-state index contributed by atoms with van der Waals surface area (Å²) < 4.78 is 0. The number of carbonyl (C=O) groups excluding carboxylic acids is 2. The molecule has 0 spiro atoms. The van der Waals surface area contributed by atoms with Crippen LogP contribution >= 0.6 is 0 Å². The Balaban J connectivity index is 2.86. The van der Waals surface area contributed by atoms with E-state index in [0.717, 1.165) is 6.08 Å². The minimum Gasteiger partial charge on any atom is -0.397 e. The fourth-order valence-corrected chi connectivity index (χ4v) is 1.14. The van der Waals surface area contributed by atoms with Crippen molar-refractivity contribution >= 4 is 28.9 Å². The van der Waals surface area contributed by atoms with Crippen molar-refractivity contribution in [3.05, 3.63) is 30.9 Å². The molecule has 5 nitrogen and oxygen atoms in total. The molecule has 0 fully saturated rings. The Morgan fingerprint density at radius 2 is 2.06 bits per heavy atom. The molecular formula is C11H13N3O2. The maximum Gasteiger partial charge on any atom is 0.247 e. The van der Waals surface area contributed by atoms with Crippen molar-refractivity contribution < 1.29 is 9.59 Å². The topological polar surface area (TPSA) is 84.2 Å². The van der Waals surface area contributed by atoms with Crippen molar-refractivity contribution in [2.75, 3.05) is 16.4 Å². The van der Waals surface area contributed by atoms with Gasteiger partial charge in [-0.3, -0.25) is 9.59 Å². The number of hydrogen-bond donors (Lipinski definition) is 3. The number of hydrogen-bond acceptors (Lipinski definition) is 3. The first-order valence-electron chi connectivity index (χ1n) is 4.63. The second-order valence-electron chi connectivity index (χ2n) is 3.18. The fraction of sp³-hybridized carbons (Fsp3) is 0.0909. The normalized spacial score (nSPS) is 9.31. The number of nitrogens with one attached hydrogen (secondary N) is 2. The molecule has 1 aromatic rings. The highest BCUT2D eigenvalue weighted by molar-refractivity contribution is 6.01. The van der Waals surface area contributed by atoms with Gasteiger partial charge in [-0.1, -0.05) is 6.58 Å². The van der Waals surface area contributed by atoms with Crippen LogP contribution in [0.25, 0.3) is 0 Å². The second kappa shape index (κ2) is 4.97. The minimum atomic E-state index is -0.334. The van der Waals surface area contributed by atoms with Gasteiger partial charge >= 0.3 is 0 Å². The molecule has 4 N–H and O–H groups in total. The maximum atomic E-state index is 11.0. The van der Waals surface area contributed by atoms with Crippen molar-refractivity contribution in [3.8, 4) is 0 Å². The minimum absolute atomic E-state index is 0.178. The standard InChI is InChI=1S/C11H13N3O2/c1-3-11(16)14-10-5-4-8(6-9(10)12)13-7(2)15/h3-6H,1,12H2,2H3,(H,13,15)(H,14,16). The van der Waals surface area contributed by atoms with E-state index in [4.69, 9.17) is 5.73 Å². The Labute approximate surface area is 93.3 Å². The number of carbonyl (C=O) groups is 2. The lowest BCUT2D eigenvalue weighted by atomic mass is 10.2. The number of amides is 2. The molecule has 84 valence electrons. The van der Waals surface area contributed by atoms with Crippen LogP contribution in [-0.2, 0) is 9.59 Å². The average molecular weight is 219 g/mol. The number of rotatable bonds is 3. The van der Waals surface area contributed by atoms with Gasteiger partial charge in [0.1, 0.15) is 0 Å². The molecule has 0 radical (unpaired) electrons. The van der Waals surface area contributed by atoms with Crippen LogP contribution < -0.4 is 16.4 Å². The zero-order valence-electron chi connectivity index (χ0n) is 8.91. The third-order valence-corrected chi connectivity index (χ3v) is 1.82. The van der Waals surface area contributed by atoms with Gasteiger partial charge in [-0.05, 0) is 24.3 Å². The quantitative estimate of drug-likeness (QED) is 0.530. The third-order valence-electron chi connectivity index (χ3n) is 1.82. The highest BCUT2D eigenvalue weighted by atomic mass is 16.2. The van der Waals surface area contributed by atoms with E-state index in [-0.39, 0.29) is 11.8 Å². The zero-order valence-corrected chi connectivity index (χ0v) is 8.91. The molecule has 5 heteroatoms. The largest absolute Gasteiger partial charge is 0.397 e. The lowest BCUT2D eigenvalue weighted by molar-refractivity contribution is -0.114. The lowest BCUT2D eigenvalue weighted by Gasteiger charge is -2.08. The number of nitrogen functional groups attached to an aromatic ring is 1. The fourth-order valence-electron chi connectivity index (χ4n) is 1.14. The van der Waals surface area contributed by atoms with Crippen LogP contribution in [0.4, 0.5) is 17.1 Å². The molecule has 1 aromatic carbocycles. The molecule has 2 amide bonds. The predicted octanol–water partition coefficient (Wildman–Crippen LogP) is 1.35. The highest BCUT2D eigenvalue weighted by Crippen LogP contribution is 2.22. The molecule has 0 saturated heterocycles. The van der Waals surface area contributed by atoms with Crippen molar-refractivity contribution in [2.45, 2.75) is 6.92 Å². The highest BCUT2D eigenvalue weighted by Gasteiger charge is 2.03. The summed E-state index contributed by atoms with van der Waals surface area (Å²) in [6, 6.07) is 4.83. The van der Waals surface area contributed by atoms with E-state index in [0.29, 0.717) is 17.1 Å². The average Bonchev–Trinajstić information content (AvgIpc) is 2.21. The van der Waals surface area contributed by atoms with E-state index in [9.17, 15) is 9.59 Å². The summed E-state index contributed by atoms with van der Waals surface area (Å²) in [5.41, 5.74) is 7.15. The number of nitrogens with two attached hydrogens (primary N) is 1. The number of anilines is 3. The van der Waals surface area contributed by atoms with Crippen molar-refractivity contribution in [2.24, 2.45) is 0 Å². The Bertz CT molecular complexity index is 441. The predicted molar refractivity (Wildman–Crippen MR) is 64.0 cm³/mol. The molecule has 16 heavy (non-hydrogen) atoms. The first kappa shape index (κ1) is 11.8. The Hall–Kier alpha value is -2.30. The SMILES string of the molecule is C=CC(=O)Nc1ccc(NC(C)=O)cc1N. The van der Waals surface area contributed by atoms with E-state index in [1.807, 2.05) is 0 Å². The molecule has 0 aliphatic heterocycles. The van der Waals surface area contributed by atoms with E-state index < -0.39 is 0 Å². The summed E-state index contributed by atoms with van der Waals surface area (Å²) in [7, 11) is 0. The molecule has 0 heterocycles. The molecular weight excluding hydrogens is 206 g/mol. The third kappa shape index (κ3) is 3.13. The summed E-state index contributed by atoms with van der Waals surface area (Å²) in [4.78, 5) is 21.8. The molecule has 0 aromatic heterocycles. The van der Waals surface area contributed by atoms with Crippen molar-refractivity contribution in [1.82, 2.24) is 0 Å². The van der Waals surface area contributed by atoms with Gasteiger partial charge < -0.3 is 16.4 Å². The van der Waals surface area contributed by atoms with Gasteiger partial charge in [0.25, 0.3) is 0 Å². The molecule has 0 unspecified atom stereocenters. The smallest absolute Gasteiger partial charge is 0.247 e. The van der Waals surface area contributed by atoms with Crippen LogP contribution in [-0.4, -0.2) is 11.8 Å². The van der Waals surface area contributed by atoms with Crippen LogP contribution in [0.15, 0.2) is 30.9 Å². The first-order chi connectivity index (χ1) is 7.52. The van der Waals surface area contributed by atoms with Crippen molar-refractivity contribution in [3.63, 3.8) is 0 Å². The Morgan fingerprint density at radius 1 is 1.38 bits per heavy atom. The van der Waals surface area contributed by atoms with Crippen LogP contribution in [0.1, 0.15) is 6.92 Å². The zero-order chi connectivity index (χ0) is 12.1. The molecule has 0 saturated carbocycles. The number of benzene rings is 1. The molecule has 0 atom stereocenters. The van der Waals surface area contributed by atoms with Crippen LogP contribution in [0.3, 0.4) is 0 Å². The second-order valence-corrected chi connectivity index (χ2v) is 3.18. The summed E-state index contributed by atoms with van der Waals surface area (Å²) in [6.07, 6.45) is 1.15. The Kier molecular flexibility index (Phi) is 3.66. The van der Waals surface area contributed by atoms with E-state index in [2.05, 4.69) is 17.2 Å². The van der Waals surface area contributed by atoms with Gasteiger partial charge in [0, 0.05) is 12.6 Å². The summed E-state index contributed by atoms with van der Waals surface area (Å²) in [5.74, 6) is -0.513. The van der Waals surface area contributed by atoms with E-state index in [1.165, 1.54) is 6.92 Å². The summed E-state index contributed by atoms with van der Waals surface area (Å²) >= 11 is 0. The van der Waals surface area contributed by atoms with Crippen LogP contribution in [0, 0.1) is 0 Å². The van der Waals surface area contributed by atoms with Crippen LogP contribution in [0.2, 0.25) is 0 Å². The van der Waals surface area contributed by atoms with Gasteiger partial charge in [-0.15, -0.1) is 0 Å². The van der Waals surface area contributed by atoms with Gasteiger partial charge in [0.2, 0.25) is 11.8 Å². The van der Waals surface area contributed by atoms with E-state index in [1.54, 1.807) is 18.2 Å². The van der Waals surface area contributed by atoms with Gasteiger partial charge in [-0.25, -0.2) is 0 Å². The molecule has 0 aliphatic carbocycles. The maximum absolute atomic E-state index is 11.0. The lowest BCUT2D eigenvalue weighted by Crippen LogP contribution is -2.10. The van der Waals surface area contributed by atoms with Gasteiger partial charge in [-0.2, -0.15) is 0 Å². The van der Waals surface area contributed by atoms with Gasteiger partial charge in [0.15, 0.2) is 0 Å². The van der Waals surface area contributed by atoms with Gasteiger partial charge in [0.05, 0.1) is 11.4 Å².